The fourth-order valence-corrected chi connectivity index (χ4v) is 4.32. The highest BCUT2D eigenvalue weighted by molar-refractivity contribution is 5.89. The van der Waals surface area contributed by atoms with E-state index in [4.69, 9.17) is 14.2 Å². The molecule has 2 rings (SSSR count). The second kappa shape index (κ2) is 16.9. The van der Waals surface area contributed by atoms with Crippen molar-refractivity contribution >= 4 is 10.9 Å². The maximum absolute atomic E-state index is 13.8. The number of benzene rings is 1. The van der Waals surface area contributed by atoms with E-state index in [1.165, 1.54) is 36.8 Å². The van der Waals surface area contributed by atoms with Gasteiger partial charge in [0.2, 0.25) is 5.75 Å². The first-order valence-electron chi connectivity index (χ1n) is 14.2. The lowest BCUT2D eigenvalue weighted by molar-refractivity contribution is 0.277. The molecule has 0 aliphatic carbocycles. The zero-order valence-electron chi connectivity index (χ0n) is 24.2. The van der Waals surface area contributed by atoms with Gasteiger partial charge in [-0.05, 0) is 64.7 Å². The molecule has 0 spiro atoms. The van der Waals surface area contributed by atoms with Gasteiger partial charge in [0.05, 0.1) is 19.2 Å². The van der Waals surface area contributed by atoms with Crippen LogP contribution in [0.4, 0.5) is 0 Å². The maximum atomic E-state index is 13.8. The van der Waals surface area contributed by atoms with Gasteiger partial charge in [-0.1, -0.05) is 69.6 Å². The Morgan fingerprint density at radius 1 is 0.892 bits per heavy atom. The Kier molecular flexibility index (Phi) is 14.0. The lowest BCUT2D eigenvalue weighted by atomic mass is 10.1. The van der Waals surface area contributed by atoms with E-state index in [0.29, 0.717) is 31.3 Å². The monoisotopic (exact) mass is 511 g/mol. The molecule has 0 saturated carbocycles. The van der Waals surface area contributed by atoms with Crippen LogP contribution < -0.4 is 19.8 Å². The predicted octanol–water partition coefficient (Wildman–Crippen LogP) is 8.62. The average Bonchev–Trinajstić information content (AvgIpc) is 2.88. The number of nitrogens with zero attached hydrogens (tertiary/aromatic N) is 1. The molecule has 0 atom stereocenters. The predicted molar refractivity (Wildman–Crippen MR) is 156 cm³/mol. The number of ether oxygens (including phenoxy) is 3. The van der Waals surface area contributed by atoms with Crippen molar-refractivity contribution in [2.24, 2.45) is 0 Å². The van der Waals surface area contributed by atoms with E-state index in [1.54, 1.807) is 7.11 Å². The number of hydrogen-bond donors (Lipinski definition) is 0. The van der Waals surface area contributed by atoms with Gasteiger partial charge in [0.25, 0.3) is 5.56 Å². The molecule has 0 aliphatic rings. The molecule has 0 N–H and O–H groups in total. The van der Waals surface area contributed by atoms with Crippen molar-refractivity contribution in [1.29, 1.82) is 0 Å². The summed E-state index contributed by atoms with van der Waals surface area (Å²) >= 11 is 0. The van der Waals surface area contributed by atoms with Crippen LogP contribution in [-0.4, -0.2) is 24.9 Å². The van der Waals surface area contributed by atoms with E-state index in [1.807, 2.05) is 22.8 Å². The van der Waals surface area contributed by atoms with Crippen LogP contribution in [0.2, 0.25) is 0 Å². The van der Waals surface area contributed by atoms with Crippen LogP contribution in [0.25, 0.3) is 10.9 Å². The summed E-state index contributed by atoms with van der Waals surface area (Å²) in [5.74, 6) is 1.59. The topological polar surface area (TPSA) is 49.7 Å². The molecule has 206 valence electrons. The average molecular weight is 512 g/mol. The van der Waals surface area contributed by atoms with Gasteiger partial charge in [0.15, 0.2) is 5.75 Å². The Hall–Kier alpha value is -2.69. The van der Waals surface area contributed by atoms with Gasteiger partial charge < -0.3 is 18.8 Å². The highest BCUT2D eigenvalue weighted by Gasteiger charge is 2.20. The van der Waals surface area contributed by atoms with E-state index < -0.39 is 0 Å². The molecular formula is C32H49NO4. The van der Waals surface area contributed by atoms with Crippen LogP contribution >= 0.6 is 0 Å². The first kappa shape index (κ1) is 30.5. The minimum absolute atomic E-state index is 0.128. The molecule has 1 heterocycles. The molecule has 0 fully saturated rings. The molecule has 0 bridgehead atoms. The van der Waals surface area contributed by atoms with Gasteiger partial charge in [-0.2, -0.15) is 0 Å². The number of pyridine rings is 1. The number of aromatic nitrogens is 1. The molecule has 0 amide bonds. The van der Waals surface area contributed by atoms with Crippen LogP contribution in [0.1, 0.15) is 98.8 Å². The number of rotatable bonds is 18. The van der Waals surface area contributed by atoms with Crippen LogP contribution in [0.3, 0.4) is 0 Å². The minimum atomic E-state index is -0.128. The summed E-state index contributed by atoms with van der Waals surface area (Å²) in [7, 11) is 1.65. The molecule has 0 radical (unpaired) electrons. The van der Waals surface area contributed by atoms with E-state index in [9.17, 15) is 4.79 Å². The highest BCUT2D eigenvalue weighted by Crippen LogP contribution is 2.35. The van der Waals surface area contributed by atoms with Crippen molar-refractivity contribution in [3.05, 3.63) is 51.9 Å². The van der Waals surface area contributed by atoms with Crippen LogP contribution in [-0.2, 0) is 6.54 Å². The first-order valence-corrected chi connectivity index (χ1v) is 14.2. The molecule has 0 unspecified atom stereocenters. The second-order valence-corrected chi connectivity index (χ2v) is 10.1. The zero-order valence-corrected chi connectivity index (χ0v) is 24.2. The Bertz CT molecular complexity index is 1080. The van der Waals surface area contributed by atoms with Gasteiger partial charge in [0.1, 0.15) is 12.4 Å². The fraction of sp³-hybridized carbons (Fsp3) is 0.594. The Morgan fingerprint density at radius 3 is 2.32 bits per heavy atom. The summed E-state index contributed by atoms with van der Waals surface area (Å²) in [6, 6.07) is 5.85. The number of methoxy groups -OCH3 is 1. The largest absolute Gasteiger partial charge is 0.497 e. The smallest absolute Gasteiger partial charge is 0.297 e. The normalized spacial score (nSPS) is 11.6. The lowest BCUT2D eigenvalue weighted by Gasteiger charge is -2.19. The van der Waals surface area contributed by atoms with Crippen molar-refractivity contribution in [1.82, 2.24) is 4.57 Å². The summed E-state index contributed by atoms with van der Waals surface area (Å²) in [5, 5.41) is 0.891. The third-order valence-electron chi connectivity index (χ3n) is 6.62. The summed E-state index contributed by atoms with van der Waals surface area (Å²) in [5.41, 5.74) is 3.29. The van der Waals surface area contributed by atoms with Crippen LogP contribution in [0.15, 0.2) is 46.3 Å². The van der Waals surface area contributed by atoms with Crippen molar-refractivity contribution in [2.45, 2.75) is 105 Å². The van der Waals surface area contributed by atoms with E-state index in [0.717, 1.165) is 55.2 Å². The molecule has 1 aromatic carbocycles. The van der Waals surface area contributed by atoms with Crippen molar-refractivity contribution in [2.75, 3.05) is 20.3 Å². The van der Waals surface area contributed by atoms with Crippen molar-refractivity contribution in [3.8, 4) is 17.2 Å². The van der Waals surface area contributed by atoms with E-state index >= 15 is 0 Å². The second-order valence-electron chi connectivity index (χ2n) is 10.1. The van der Waals surface area contributed by atoms with Gasteiger partial charge in [-0.3, -0.25) is 4.79 Å². The summed E-state index contributed by atoms with van der Waals surface area (Å²) < 4.78 is 19.7. The molecule has 5 heteroatoms. The first-order chi connectivity index (χ1) is 17.9. The molecule has 0 saturated heterocycles. The molecule has 0 aliphatic heterocycles. The maximum Gasteiger partial charge on any atom is 0.297 e. The quantitative estimate of drug-likeness (QED) is 0.148. The third-order valence-corrected chi connectivity index (χ3v) is 6.62. The van der Waals surface area contributed by atoms with Crippen molar-refractivity contribution < 1.29 is 14.2 Å². The number of aryl methyl sites for hydroxylation is 1. The van der Waals surface area contributed by atoms with Gasteiger partial charge in [0, 0.05) is 18.0 Å². The molecular weight excluding hydrogens is 462 g/mol. The van der Waals surface area contributed by atoms with Crippen LogP contribution in [0.5, 0.6) is 17.2 Å². The van der Waals surface area contributed by atoms with E-state index in [2.05, 4.69) is 46.8 Å². The number of allylic oxidation sites excluding steroid dienone is 3. The number of hydrogen-bond acceptors (Lipinski definition) is 4. The molecule has 5 nitrogen and oxygen atoms in total. The van der Waals surface area contributed by atoms with Gasteiger partial charge >= 0.3 is 0 Å². The molecule has 1 aromatic heterocycles. The highest BCUT2D eigenvalue weighted by atomic mass is 16.5. The van der Waals surface area contributed by atoms with E-state index in [-0.39, 0.29) is 5.56 Å². The van der Waals surface area contributed by atoms with Gasteiger partial charge in [-0.25, -0.2) is 0 Å². The summed E-state index contributed by atoms with van der Waals surface area (Å²) in [6.45, 7) is 12.3. The number of unbranched alkanes of at least 4 members (excludes halogenated alkanes) is 6. The lowest BCUT2D eigenvalue weighted by Crippen LogP contribution is -2.24. The van der Waals surface area contributed by atoms with Crippen LogP contribution in [0, 0.1) is 0 Å². The minimum Gasteiger partial charge on any atom is -0.497 e. The molecule has 2 aromatic rings. The summed E-state index contributed by atoms with van der Waals surface area (Å²) in [6.07, 6.45) is 15.3. The molecule has 37 heavy (non-hydrogen) atoms. The van der Waals surface area contributed by atoms with Crippen molar-refractivity contribution in [3.63, 3.8) is 0 Å². The Labute approximate surface area is 224 Å². The summed E-state index contributed by atoms with van der Waals surface area (Å²) in [4.78, 5) is 13.8. The number of fused-ring (bicyclic) bond motifs is 1. The van der Waals surface area contributed by atoms with Gasteiger partial charge in [-0.15, -0.1) is 0 Å². The third kappa shape index (κ3) is 9.94. The Morgan fingerprint density at radius 2 is 1.62 bits per heavy atom. The standard InChI is InChI=1S/C32H49NO4/c1-7-9-11-12-13-14-21-33-29-24-27(35-6)18-19-28(29)30(36-22-10-8-2)31(32(33)34)37-23-20-26(5)17-15-16-25(3)4/h16,18-20,24H,7-15,17,21-23H2,1-6H3/b26-20+. The zero-order chi connectivity index (χ0) is 27.0. The fourth-order valence-electron chi connectivity index (χ4n) is 4.32. The Balaban J connectivity index is 2.40. The SMILES string of the molecule is CCCCCCCCn1c(=O)c(OC/C=C(\C)CCC=C(C)C)c(OCCCC)c2ccc(OC)cc21.